The lowest BCUT2D eigenvalue weighted by molar-refractivity contribution is 0.286. The monoisotopic (exact) mass is 415 g/mol. The molecule has 1 saturated heterocycles. The van der Waals surface area contributed by atoms with Crippen LogP contribution in [-0.2, 0) is 10.0 Å². The minimum absolute atomic E-state index is 0.201. The van der Waals surface area contributed by atoms with Crippen LogP contribution >= 0.6 is 0 Å². The summed E-state index contributed by atoms with van der Waals surface area (Å²) in [5.74, 6) is 1.67. The minimum atomic E-state index is -3.71. The van der Waals surface area contributed by atoms with Crippen LogP contribution in [-0.4, -0.2) is 42.4 Å². The number of hydrogen-bond acceptors (Lipinski definition) is 5. The first kappa shape index (κ1) is 19.7. The van der Waals surface area contributed by atoms with Gasteiger partial charge in [0, 0.05) is 12.6 Å². The second kappa shape index (κ2) is 8.04. The summed E-state index contributed by atoms with van der Waals surface area (Å²) in [4.78, 5) is 8.12. The van der Waals surface area contributed by atoms with Crippen molar-refractivity contribution in [3.05, 3.63) is 48.3 Å². The van der Waals surface area contributed by atoms with E-state index in [0.717, 1.165) is 23.9 Å². The van der Waals surface area contributed by atoms with E-state index >= 15 is 0 Å². The summed E-state index contributed by atoms with van der Waals surface area (Å²) in [6, 6.07) is 12.2. The zero-order chi connectivity index (χ0) is 20.4. The lowest BCUT2D eigenvalue weighted by Crippen LogP contribution is -2.31. The van der Waals surface area contributed by atoms with Crippen LogP contribution in [0.3, 0.4) is 0 Å². The summed E-state index contributed by atoms with van der Waals surface area (Å²) in [7, 11) is -3.71. The molecule has 3 aromatic rings. The highest BCUT2D eigenvalue weighted by atomic mass is 32.2. The lowest BCUT2D eigenvalue weighted by Gasteiger charge is -2.23. The van der Waals surface area contributed by atoms with Crippen LogP contribution < -0.4 is 9.47 Å². The molecule has 0 saturated carbocycles. The van der Waals surface area contributed by atoms with Gasteiger partial charge >= 0.3 is 0 Å². The van der Waals surface area contributed by atoms with E-state index in [1.807, 2.05) is 38.1 Å². The molecule has 0 spiro atoms. The van der Waals surface area contributed by atoms with E-state index in [9.17, 15) is 8.42 Å². The fourth-order valence-corrected chi connectivity index (χ4v) is 5.44. The number of nitrogens with one attached hydrogen (secondary N) is 1. The lowest BCUT2D eigenvalue weighted by atomic mass is 10.2. The minimum Gasteiger partial charge on any atom is -0.490 e. The quantitative estimate of drug-likeness (QED) is 0.633. The molecule has 7 nitrogen and oxygen atoms in total. The normalized spacial score (nSPS) is 17.7. The number of imidazole rings is 1. The van der Waals surface area contributed by atoms with Gasteiger partial charge in [-0.3, -0.25) is 0 Å². The number of aromatic nitrogens is 2. The fraction of sp³-hybridized carbons (Fsp3) is 0.381. The first-order chi connectivity index (χ1) is 14.0. The Hall–Kier alpha value is -2.58. The van der Waals surface area contributed by atoms with Crippen molar-refractivity contribution >= 4 is 21.1 Å². The predicted molar refractivity (Wildman–Crippen MR) is 111 cm³/mol. The molecule has 1 aliphatic rings. The van der Waals surface area contributed by atoms with Gasteiger partial charge in [-0.05, 0) is 51.0 Å². The van der Waals surface area contributed by atoms with Crippen molar-refractivity contribution in [3.8, 4) is 11.5 Å². The molecule has 0 aliphatic carbocycles. The molecule has 2 aromatic carbocycles. The van der Waals surface area contributed by atoms with Crippen LogP contribution in [0.4, 0.5) is 0 Å². The Labute approximate surface area is 170 Å². The van der Waals surface area contributed by atoms with Crippen LogP contribution in [0.15, 0.2) is 47.4 Å². The van der Waals surface area contributed by atoms with Crippen molar-refractivity contribution in [2.75, 3.05) is 19.8 Å². The molecule has 1 fully saturated rings. The third-order valence-electron chi connectivity index (χ3n) is 5.05. The van der Waals surface area contributed by atoms with Gasteiger partial charge in [-0.2, -0.15) is 4.31 Å². The van der Waals surface area contributed by atoms with Gasteiger partial charge < -0.3 is 14.5 Å². The number of benzene rings is 2. The van der Waals surface area contributed by atoms with Crippen LogP contribution in [0.5, 0.6) is 11.5 Å². The fourth-order valence-electron chi connectivity index (χ4n) is 3.76. The number of sulfonamides is 1. The second-order valence-electron chi connectivity index (χ2n) is 6.89. The van der Waals surface area contributed by atoms with Crippen LogP contribution in [0, 0.1) is 0 Å². The molecule has 154 valence electrons. The maximum absolute atomic E-state index is 13.4. The number of ether oxygens (including phenoxy) is 2. The van der Waals surface area contributed by atoms with Gasteiger partial charge in [-0.25, -0.2) is 13.4 Å². The summed E-state index contributed by atoms with van der Waals surface area (Å²) in [5.41, 5.74) is 1.75. The third kappa shape index (κ3) is 3.70. The molecule has 29 heavy (non-hydrogen) atoms. The molecule has 4 rings (SSSR count). The first-order valence-electron chi connectivity index (χ1n) is 9.90. The van der Waals surface area contributed by atoms with Gasteiger partial charge in [-0.15, -0.1) is 0 Å². The van der Waals surface area contributed by atoms with E-state index in [0.29, 0.717) is 37.1 Å². The zero-order valence-electron chi connectivity index (χ0n) is 16.6. The highest BCUT2D eigenvalue weighted by Crippen LogP contribution is 2.38. The number of nitrogens with zero attached hydrogens (tertiary/aromatic N) is 2. The van der Waals surface area contributed by atoms with Crippen molar-refractivity contribution in [2.45, 2.75) is 37.6 Å². The predicted octanol–water partition coefficient (Wildman–Crippen LogP) is 3.89. The maximum atomic E-state index is 13.4. The highest BCUT2D eigenvalue weighted by molar-refractivity contribution is 7.89. The SMILES string of the molecule is CCOc1ccc(S(=O)(=O)N2CCC[C@@H]2c2nc3ccccc3[nH]2)cc1OCC. The number of rotatable bonds is 7. The Bertz CT molecular complexity index is 1080. The maximum Gasteiger partial charge on any atom is 0.243 e. The molecular weight excluding hydrogens is 390 g/mol. The number of aromatic amines is 1. The summed E-state index contributed by atoms with van der Waals surface area (Å²) in [6.45, 7) is 5.10. The number of para-hydroxylation sites is 2. The van der Waals surface area contributed by atoms with Crippen molar-refractivity contribution in [2.24, 2.45) is 0 Å². The molecule has 0 radical (unpaired) electrons. The van der Waals surface area contributed by atoms with Gasteiger partial charge in [0.15, 0.2) is 11.5 Å². The third-order valence-corrected chi connectivity index (χ3v) is 6.95. The van der Waals surface area contributed by atoms with Gasteiger partial charge in [-0.1, -0.05) is 12.1 Å². The molecule has 2 heterocycles. The Kier molecular flexibility index (Phi) is 5.47. The summed E-state index contributed by atoms with van der Waals surface area (Å²) < 4.78 is 39.6. The van der Waals surface area contributed by atoms with E-state index in [1.54, 1.807) is 18.2 Å². The zero-order valence-corrected chi connectivity index (χ0v) is 17.4. The van der Waals surface area contributed by atoms with E-state index in [2.05, 4.69) is 9.97 Å². The van der Waals surface area contributed by atoms with Crippen molar-refractivity contribution in [3.63, 3.8) is 0 Å². The Balaban J connectivity index is 1.69. The molecule has 1 N–H and O–H groups in total. The van der Waals surface area contributed by atoms with Crippen LogP contribution in [0.1, 0.15) is 38.6 Å². The average molecular weight is 416 g/mol. The topological polar surface area (TPSA) is 84.5 Å². The summed E-state index contributed by atoms with van der Waals surface area (Å²) >= 11 is 0. The van der Waals surface area contributed by atoms with Gasteiger partial charge in [0.1, 0.15) is 5.82 Å². The van der Waals surface area contributed by atoms with Gasteiger partial charge in [0.25, 0.3) is 0 Å². The molecule has 1 aromatic heterocycles. The number of fused-ring (bicyclic) bond motifs is 1. The Morgan fingerprint density at radius 1 is 1.10 bits per heavy atom. The van der Waals surface area contributed by atoms with Crippen LogP contribution in [0.25, 0.3) is 11.0 Å². The molecular formula is C21H25N3O4S. The average Bonchev–Trinajstić information content (AvgIpc) is 3.36. The first-order valence-corrected chi connectivity index (χ1v) is 11.3. The smallest absolute Gasteiger partial charge is 0.243 e. The van der Waals surface area contributed by atoms with E-state index < -0.39 is 10.0 Å². The molecule has 1 aliphatic heterocycles. The van der Waals surface area contributed by atoms with Gasteiger partial charge in [0.2, 0.25) is 10.0 Å². The molecule has 1 atom stereocenters. The number of H-pyrrole nitrogens is 1. The van der Waals surface area contributed by atoms with E-state index in [-0.39, 0.29) is 10.9 Å². The molecule has 0 amide bonds. The van der Waals surface area contributed by atoms with E-state index in [1.165, 1.54) is 4.31 Å². The van der Waals surface area contributed by atoms with Crippen molar-refractivity contribution in [1.82, 2.24) is 14.3 Å². The molecule has 0 unspecified atom stereocenters. The molecule has 0 bridgehead atoms. The standard InChI is InChI=1S/C21H25N3O4S/c1-3-27-19-12-11-15(14-20(19)28-4-2)29(25,26)24-13-7-10-18(24)21-22-16-8-5-6-9-17(16)23-21/h5-6,8-9,11-12,14,18H,3-4,7,10,13H2,1-2H3,(H,22,23)/t18-/m1/s1. The van der Waals surface area contributed by atoms with Crippen molar-refractivity contribution < 1.29 is 17.9 Å². The Morgan fingerprint density at radius 2 is 1.86 bits per heavy atom. The molecule has 8 heteroatoms. The largest absolute Gasteiger partial charge is 0.490 e. The van der Waals surface area contributed by atoms with Crippen molar-refractivity contribution in [1.29, 1.82) is 0 Å². The summed E-state index contributed by atoms with van der Waals surface area (Å²) in [5, 5.41) is 0. The van der Waals surface area contributed by atoms with Crippen LogP contribution in [0.2, 0.25) is 0 Å². The highest BCUT2D eigenvalue weighted by Gasteiger charge is 2.38. The Morgan fingerprint density at radius 3 is 2.62 bits per heavy atom. The number of hydrogen-bond donors (Lipinski definition) is 1. The second-order valence-corrected chi connectivity index (χ2v) is 8.78. The summed E-state index contributed by atoms with van der Waals surface area (Å²) in [6.07, 6.45) is 1.52. The van der Waals surface area contributed by atoms with E-state index in [4.69, 9.17) is 9.47 Å². The van der Waals surface area contributed by atoms with Gasteiger partial charge in [0.05, 0.1) is 35.2 Å².